The monoisotopic (exact) mass is 484 g/mol. The largest absolute Gasteiger partial charge is 0.393 e. The van der Waals surface area contributed by atoms with Crippen LogP contribution in [-0.2, 0) is 0 Å². The Morgan fingerprint density at radius 1 is 0.486 bits per heavy atom. The second-order valence-corrected chi connectivity index (χ2v) is 8.14. The van der Waals surface area contributed by atoms with Crippen LogP contribution >= 0.6 is 0 Å². The SMILES string of the molecule is C(=Cc1cccc(-c2ccccc2)c1C=Cc1ccccc1)c1ccccc1.Nc1nnnc(N)c1N. The van der Waals surface area contributed by atoms with E-state index in [0.717, 1.165) is 0 Å². The molecule has 0 radical (unpaired) electrons. The Bertz CT molecular complexity index is 1460. The zero-order valence-electron chi connectivity index (χ0n) is 20.3. The second kappa shape index (κ2) is 12.5. The molecule has 0 saturated carbocycles. The van der Waals surface area contributed by atoms with Crippen LogP contribution in [0.2, 0.25) is 0 Å². The summed E-state index contributed by atoms with van der Waals surface area (Å²) < 4.78 is 0. The molecular formula is C31H28N6. The zero-order valence-corrected chi connectivity index (χ0v) is 20.3. The highest BCUT2D eigenvalue weighted by Gasteiger charge is 2.06. The van der Waals surface area contributed by atoms with Crippen LogP contribution in [0.4, 0.5) is 17.3 Å². The average molecular weight is 485 g/mol. The summed E-state index contributed by atoms with van der Waals surface area (Å²) in [4.78, 5) is 0. The third-order valence-electron chi connectivity index (χ3n) is 5.58. The van der Waals surface area contributed by atoms with Crippen LogP contribution < -0.4 is 17.2 Å². The summed E-state index contributed by atoms with van der Waals surface area (Å²) >= 11 is 0. The lowest BCUT2D eigenvalue weighted by Gasteiger charge is -2.10. The number of nitrogens with two attached hydrogens (primary N) is 3. The molecule has 0 aliphatic heterocycles. The van der Waals surface area contributed by atoms with E-state index < -0.39 is 0 Å². The van der Waals surface area contributed by atoms with Gasteiger partial charge in [-0.1, -0.05) is 133 Å². The fourth-order valence-electron chi connectivity index (χ4n) is 3.64. The first-order chi connectivity index (χ1) is 18.1. The summed E-state index contributed by atoms with van der Waals surface area (Å²) in [5, 5.41) is 9.92. The number of nitrogens with zero attached hydrogens (tertiary/aromatic N) is 3. The maximum atomic E-state index is 5.27. The zero-order chi connectivity index (χ0) is 25.9. The van der Waals surface area contributed by atoms with Gasteiger partial charge in [0.1, 0.15) is 5.69 Å². The molecule has 6 N–H and O–H groups in total. The van der Waals surface area contributed by atoms with Crippen molar-refractivity contribution in [2.24, 2.45) is 0 Å². The molecule has 0 spiro atoms. The molecule has 4 aromatic carbocycles. The molecule has 182 valence electrons. The molecule has 0 fully saturated rings. The van der Waals surface area contributed by atoms with Gasteiger partial charge in [0, 0.05) is 0 Å². The van der Waals surface area contributed by atoms with Crippen molar-refractivity contribution in [3.8, 4) is 11.1 Å². The Kier molecular flexibility index (Phi) is 8.38. The highest BCUT2D eigenvalue weighted by molar-refractivity contribution is 5.87. The van der Waals surface area contributed by atoms with Crippen molar-refractivity contribution in [1.29, 1.82) is 0 Å². The predicted molar refractivity (Wildman–Crippen MR) is 156 cm³/mol. The first-order valence-corrected chi connectivity index (χ1v) is 11.8. The molecule has 0 unspecified atom stereocenters. The number of rotatable bonds is 5. The maximum absolute atomic E-state index is 5.27. The van der Waals surface area contributed by atoms with Crippen LogP contribution in [0.15, 0.2) is 109 Å². The van der Waals surface area contributed by atoms with Gasteiger partial charge in [0.2, 0.25) is 0 Å². The molecule has 0 saturated heterocycles. The molecule has 1 aromatic heterocycles. The molecular weight excluding hydrogens is 456 g/mol. The summed E-state index contributed by atoms with van der Waals surface area (Å²) in [6.07, 6.45) is 8.78. The van der Waals surface area contributed by atoms with Gasteiger partial charge in [-0.2, -0.15) is 0 Å². The topological polar surface area (TPSA) is 117 Å². The van der Waals surface area contributed by atoms with E-state index >= 15 is 0 Å². The van der Waals surface area contributed by atoms with Gasteiger partial charge in [-0.3, -0.25) is 0 Å². The summed E-state index contributed by atoms with van der Waals surface area (Å²) in [6, 6.07) is 37.9. The van der Waals surface area contributed by atoms with Gasteiger partial charge < -0.3 is 17.2 Å². The molecule has 37 heavy (non-hydrogen) atoms. The van der Waals surface area contributed by atoms with E-state index in [-0.39, 0.29) is 17.3 Å². The number of hydrogen-bond donors (Lipinski definition) is 3. The summed E-state index contributed by atoms with van der Waals surface area (Å²) in [7, 11) is 0. The first-order valence-electron chi connectivity index (χ1n) is 11.8. The molecule has 0 aliphatic carbocycles. The lowest BCUT2D eigenvalue weighted by Crippen LogP contribution is -2.06. The van der Waals surface area contributed by atoms with Gasteiger partial charge in [-0.05, 0) is 38.6 Å². The lowest BCUT2D eigenvalue weighted by atomic mass is 9.94. The van der Waals surface area contributed by atoms with E-state index in [1.165, 1.54) is 33.4 Å². The Balaban J connectivity index is 0.000000301. The minimum atomic E-state index is 0.113. The fraction of sp³-hybridized carbons (Fsp3) is 0. The van der Waals surface area contributed by atoms with Crippen LogP contribution in [0.25, 0.3) is 35.4 Å². The average Bonchev–Trinajstić information content (AvgIpc) is 2.95. The highest BCUT2D eigenvalue weighted by Crippen LogP contribution is 2.29. The van der Waals surface area contributed by atoms with Gasteiger partial charge in [0.25, 0.3) is 0 Å². The van der Waals surface area contributed by atoms with Crippen LogP contribution in [0, 0.1) is 0 Å². The Morgan fingerprint density at radius 2 is 1.00 bits per heavy atom. The van der Waals surface area contributed by atoms with Crippen LogP contribution in [0.3, 0.4) is 0 Å². The van der Waals surface area contributed by atoms with Gasteiger partial charge in [0.05, 0.1) is 0 Å². The van der Waals surface area contributed by atoms with Gasteiger partial charge >= 0.3 is 0 Å². The van der Waals surface area contributed by atoms with E-state index in [2.05, 4.69) is 137 Å². The molecule has 0 aliphatic rings. The first kappa shape index (κ1) is 24.9. The fourth-order valence-corrected chi connectivity index (χ4v) is 3.64. The van der Waals surface area contributed by atoms with E-state index in [9.17, 15) is 0 Å². The van der Waals surface area contributed by atoms with E-state index in [1.807, 2.05) is 12.1 Å². The van der Waals surface area contributed by atoms with Gasteiger partial charge in [-0.25, -0.2) is 0 Å². The number of anilines is 3. The Labute approximate surface area is 216 Å². The third-order valence-corrected chi connectivity index (χ3v) is 5.58. The van der Waals surface area contributed by atoms with Crippen molar-refractivity contribution >= 4 is 41.6 Å². The maximum Gasteiger partial charge on any atom is 0.174 e. The quantitative estimate of drug-likeness (QED) is 0.252. The van der Waals surface area contributed by atoms with Crippen molar-refractivity contribution in [3.05, 3.63) is 131 Å². The van der Waals surface area contributed by atoms with E-state index in [1.54, 1.807) is 0 Å². The van der Waals surface area contributed by atoms with Crippen LogP contribution in [0.5, 0.6) is 0 Å². The lowest BCUT2D eigenvalue weighted by molar-refractivity contribution is 0.884. The molecule has 5 rings (SSSR count). The summed E-state index contributed by atoms with van der Waals surface area (Å²) in [5.41, 5.74) is 23.2. The second-order valence-electron chi connectivity index (χ2n) is 8.14. The van der Waals surface area contributed by atoms with Crippen molar-refractivity contribution in [3.63, 3.8) is 0 Å². The minimum Gasteiger partial charge on any atom is -0.393 e. The van der Waals surface area contributed by atoms with Crippen molar-refractivity contribution in [1.82, 2.24) is 15.4 Å². The van der Waals surface area contributed by atoms with Gasteiger partial charge in [0.15, 0.2) is 11.6 Å². The Morgan fingerprint density at radius 3 is 1.54 bits per heavy atom. The molecule has 0 atom stereocenters. The van der Waals surface area contributed by atoms with Crippen molar-refractivity contribution < 1.29 is 0 Å². The highest BCUT2D eigenvalue weighted by atomic mass is 15.3. The summed E-state index contributed by atoms with van der Waals surface area (Å²) in [5.74, 6) is 0.227. The number of hydrogen-bond acceptors (Lipinski definition) is 6. The third kappa shape index (κ3) is 6.90. The van der Waals surface area contributed by atoms with Crippen LogP contribution in [-0.4, -0.2) is 15.4 Å². The van der Waals surface area contributed by atoms with Gasteiger partial charge in [-0.15, -0.1) is 10.2 Å². The number of aromatic nitrogens is 3. The predicted octanol–water partition coefficient (Wildman–Crippen LogP) is 6.31. The van der Waals surface area contributed by atoms with Crippen LogP contribution in [0.1, 0.15) is 22.3 Å². The molecule has 0 bridgehead atoms. The Hall–Kier alpha value is -5.23. The van der Waals surface area contributed by atoms with Crippen molar-refractivity contribution in [2.75, 3.05) is 17.2 Å². The standard InChI is InChI=1S/C28H22.C3H6N6/c1-4-11-23(12-5-1)19-21-26-17-10-18-27(25-15-8-3-9-16-25)28(26)22-20-24-13-6-2-7-14-24;4-1-2(5)7-9-8-3(1)6/h1-22H;(H2,4,9)(H4,5,6,7,8). The minimum absolute atomic E-state index is 0.113. The number of nitrogen functional groups attached to an aromatic ring is 3. The molecule has 6 heteroatoms. The number of benzene rings is 4. The molecule has 0 amide bonds. The van der Waals surface area contributed by atoms with Crippen molar-refractivity contribution in [2.45, 2.75) is 0 Å². The molecule has 1 heterocycles. The molecule has 5 aromatic rings. The normalized spacial score (nSPS) is 10.8. The summed E-state index contributed by atoms with van der Waals surface area (Å²) in [6.45, 7) is 0. The smallest absolute Gasteiger partial charge is 0.174 e. The molecule has 6 nitrogen and oxygen atoms in total. The van der Waals surface area contributed by atoms with E-state index in [4.69, 9.17) is 17.2 Å². The van der Waals surface area contributed by atoms with E-state index in [0.29, 0.717) is 0 Å².